The fourth-order valence-corrected chi connectivity index (χ4v) is 4.99. The molecule has 6 atom stereocenters. The van der Waals surface area contributed by atoms with Gasteiger partial charge < -0.3 is 9.47 Å². The largest absolute Gasteiger partial charge is 0.377 e. The number of Topliss-reactive ketones (excluding diaryl/α,β-unsaturated/α-hetero) is 2. The summed E-state index contributed by atoms with van der Waals surface area (Å²) in [6.45, 7) is 20.1. The minimum atomic E-state index is -0.636. The molecule has 0 bridgehead atoms. The molecule has 0 aliphatic carbocycles. The lowest BCUT2D eigenvalue weighted by molar-refractivity contribution is -0.154. The van der Waals surface area contributed by atoms with E-state index in [0.717, 1.165) is 32.1 Å². The Labute approximate surface area is 238 Å². The van der Waals surface area contributed by atoms with Crippen LogP contribution in [0.15, 0.2) is 78.6 Å². The monoisotopic (exact) mass is 536 g/mol. The van der Waals surface area contributed by atoms with Crippen LogP contribution < -0.4 is 0 Å². The van der Waals surface area contributed by atoms with Crippen molar-refractivity contribution in [3.63, 3.8) is 0 Å². The van der Waals surface area contributed by atoms with Gasteiger partial charge in [-0.1, -0.05) is 88.5 Å². The number of hydrogen-bond acceptors (Lipinski definition) is 4. The van der Waals surface area contributed by atoms with Crippen LogP contribution >= 0.6 is 0 Å². The molecule has 0 saturated carbocycles. The first-order valence-corrected chi connectivity index (χ1v) is 14.5. The zero-order valence-electron chi connectivity index (χ0n) is 25.5. The van der Waals surface area contributed by atoms with Gasteiger partial charge in [-0.3, -0.25) is 9.59 Å². The van der Waals surface area contributed by atoms with Crippen LogP contribution in [0.4, 0.5) is 0 Å². The van der Waals surface area contributed by atoms with Crippen molar-refractivity contribution in [1.82, 2.24) is 0 Å². The van der Waals surface area contributed by atoms with Gasteiger partial charge in [-0.2, -0.15) is 0 Å². The second-order valence-corrected chi connectivity index (χ2v) is 11.2. The molecule has 1 fully saturated rings. The maximum Gasteiger partial charge on any atom is 0.226 e. The lowest BCUT2D eigenvalue weighted by Gasteiger charge is -2.34. The van der Waals surface area contributed by atoms with E-state index in [1.54, 1.807) is 7.11 Å². The highest BCUT2D eigenvalue weighted by Crippen LogP contribution is 2.29. The fraction of sp³-hybridized carbons (Fsp3) is 0.571. The van der Waals surface area contributed by atoms with E-state index in [4.69, 9.17) is 9.47 Å². The Morgan fingerprint density at radius 2 is 1.79 bits per heavy atom. The van der Waals surface area contributed by atoms with Crippen molar-refractivity contribution in [1.29, 1.82) is 0 Å². The van der Waals surface area contributed by atoms with Gasteiger partial charge in [0.05, 0.1) is 12.2 Å². The molecule has 0 aromatic carbocycles. The van der Waals surface area contributed by atoms with Crippen LogP contribution in [0.3, 0.4) is 0 Å². The highest BCUT2D eigenvalue weighted by molar-refractivity contribution is 6.38. The molecule has 1 saturated heterocycles. The van der Waals surface area contributed by atoms with Crippen LogP contribution in [-0.4, -0.2) is 37.0 Å². The fourth-order valence-electron chi connectivity index (χ4n) is 4.99. The average molecular weight is 537 g/mol. The first kappa shape index (κ1) is 34.5. The molecule has 0 radical (unpaired) electrons. The minimum absolute atomic E-state index is 0.0615. The van der Waals surface area contributed by atoms with Crippen molar-refractivity contribution >= 4 is 11.6 Å². The predicted molar refractivity (Wildman–Crippen MR) is 164 cm³/mol. The number of rotatable bonds is 17. The van der Waals surface area contributed by atoms with Gasteiger partial charge in [-0.15, -0.1) is 12.3 Å². The lowest BCUT2D eigenvalue weighted by Crippen LogP contribution is -2.42. The summed E-state index contributed by atoms with van der Waals surface area (Å²) < 4.78 is 11.6. The normalized spacial score (nSPS) is 22.8. The van der Waals surface area contributed by atoms with Crippen LogP contribution in [0.1, 0.15) is 80.1 Å². The van der Waals surface area contributed by atoms with E-state index >= 15 is 0 Å². The van der Waals surface area contributed by atoms with E-state index in [1.165, 1.54) is 18.1 Å². The van der Waals surface area contributed by atoms with Gasteiger partial charge in [-0.05, 0) is 62.4 Å². The Hall–Kier alpha value is -2.52. The van der Waals surface area contributed by atoms with Gasteiger partial charge in [0.1, 0.15) is 6.10 Å². The molecular formula is C35H52O4. The molecule has 1 rings (SSSR count). The van der Waals surface area contributed by atoms with E-state index in [0.29, 0.717) is 24.2 Å². The zero-order valence-corrected chi connectivity index (χ0v) is 25.5. The lowest BCUT2D eigenvalue weighted by atomic mass is 9.85. The number of ketones is 2. The SMILES string of the molecule is C=C=C(CC(C=C)/C(C)=C/C(C)C)C(C)CC/C=C/C=C/C=C/C(C[C@@H]1CC[C@@H](C)C(C(=O)C(C)=O)O1)OC. The number of allylic oxidation sites excluding steroid dienone is 9. The van der Waals surface area contributed by atoms with Crippen LogP contribution in [0, 0.1) is 23.7 Å². The van der Waals surface area contributed by atoms with Crippen molar-refractivity contribution in [3.05, 3.63) is 78.6 Å². The summed E-state index contributed by atoms with van der Waals surface area (Å²) in [5.41, 5.74) is 5.82. The molecule has 1 aliphatic heterocycles. The van der Waals surface area contributed by atoms with Crippen LogP contribution in [0.5, 0.6) is 0 Å². The molecule has 39 heavy (non-hydrogen) atoms. The average Bonchev–Trinajstić information content (AvgIpc) is 2.89. The summed E-state index contributed by atoms with van der Waals surface area (Å²) in [5.74, 6) is 0.481. The Morgan fingerprint density at radius 3 is 2.38 bits per heavy atom. The number of hydrogen-bond donors (Lipinski definition) is 0. The second-order valence-electron chi connectivity index (χ2n) is 11.2. The first-order valence-electron chi connectivity index (χ1n) is 14.5. The summed E-state index contributed by atoms with van der Waals surface area (Å²) in [5, 5.41) is 0. The van der Waals surface area contributed by atoms with Crippen molar-refractivity contribution < 1.29 is 19.1 Å². The topological polar surface area (TPSA) is 52.6 Å². The molecule has 4 heteroatoms. The van der Waals surface area contributed by atoms with Gasteiger partial charge in [0.2, 0.25) is 5.78 Å². The third-order valence-corrected chi connectivity index (χ3v) is 7.49. The number of ether oxygens (including phenoxy) is 2. The van der Waals surface area contributed by atoms with E-state index in [9.17, 15) is 9.59 Å². The Bertz CT molecular complexity index is 957. The van der Waals surface area contributed by atoms with Gasteiger partial charge in [0.15, 0.2) is 5.78 Å². The third-order valence-electron chi connectivity index (χ3n) is 7.49. The summed E-state index contributed by atoms with van der Waals surface area (Å²) >= 11 is 0. The van der Waals surface area contributed by atoms with E-state index in [1.807, 2.05) is 37.3 Å². The van der Waals surface area contributed by atoms with Crippen LogP contribution in [0.2, 0.25) is 0 Å². The third kappa shape index (κ3) is 12.9. The molecule has 0 aromatic heterocycles. The van der Waals surface area contributed by atoms with Crippen LogP contribution in [-0.2, 0) is 19.1 Å². The first-order chi connectivity index (χ1) is 18.5. The molecule has 1 aliphatic rings. The standard InChI is InChI=1S/C35H52O4/c1-10-30(23-31(11-2)28(7)22-25(3)4)26(5)18-16-14-12-13-15-17-19-32(38-9)24-33-21-20-27(6)35(39-33)34(37)29(8)36/h11-15,17,19,22,25-27,31-33,35H,1-2,16,18,20-21,23-24H2,3-9H3/b14-12+,15-13+,19-17+,28-22+/t26?,27-,31?,32?,33+,35?/m1/s1. The van der Waals surface area contributed by atoms with Crippen molar-refractivity contribution in [2.75, 3.05) is 7.11 Å². The number of carbonyl (C=O) groups excluding carboxylic acids is 2. The summed E-state index contributed by atoms with van der Waals surface area (Å²) in [6.07, 6.45) is 21.1. The smallest absolute Gasteiger partial charge is 0.226 e. The molecule has 0 amide bonds. The molecular weight excluding hydrogens is 484 g/mol. The van der Waals surface area contributed by atoms with Gasteiger partial charge >= 0.3 is 0 Å². The summed E-state index contributed by atoms with van der Waals surface area (Å²) in [6, 6.07) is 0. The molecule has 216 valence electrons. The zero-order chi connectivity index (χ0) is 29.4. The Balaban J connectivity index is 2.52. The summed E-state index contributed by atoms with van der Waals surface area (Å²) in [4.78, 5) is 23.7. The summed E-state index contributed by atoms with van der Waals surface area (Å²) in [7, 11) is 1.68. The van der Waals surface area contributed by atoms with E-state index in [2.05, 4.69) is 64.8 Å². The Morgan fingerprint density at radius 1 is 1.10 bits per heavy atom. The highest BCUT2D eigenvalue weighted by atomic mass is 16.5. The number of methoxy groups -OCH3 is 1. The molecule has 0 spiro atoms. The molecule has 4 nitrogen and oxygen atoms in total. The Kier molecular flexibility index (Phi) is 16.6. The van der Waals surface area contributed by atoms with E-state index < -0.39 is 17.7 Å². The van der Waals surface area contributed by atoms with Crippen molar-refractivity contribution in [2.45, 2.75) is 98.4 Å². The van der Waals surface area contributed by atoms with Gasteiger partial charge in [0, 0.05) is 26.4 Å². The van der Waals surface area contributed by atoms with Crippen molar-refractivity contribution in [3.8, 4) is 0 Å². The quantitative estimate of drug-likeness (QED) is 0.0811. The maximum atomic E-state index is 12.2. The number of carbonyl (C=O) groups is 2. The highest BCUT2D eigenvalue weighted by Gasteiger charge is 2.35. The minimum Gasteiger partial charge on any atom is -0.377 e. The van der Waals surface area contributed by atoms with Gasteiger partial charge in [-0.25, -0.2) is 0 Å². The van der Waals surface area contributed by atoms with Crippen LogP contribution in [0.25, 0.3) is 0 Å². The van der Waals surface area contributed by atoms with Gasteiger partial charge in [0.25, 0.3) is 0 Å². The molecule has 1 heterocycles. The van der Waals surface area contributed by atoms with E-state index in [-0.39, 0.29) is 18.1 Å². The van der Waals surface area contributed by atoms with Crippen molar-refractivity contribution in [2.24, 2.45) is 23.7 Å². The predicted octanol–water partition coefficient (Wildman–Crippen LogP) is 8.32. The molecule has 0 aromatic rings. The maximum absolute atomic E-state index is 12.2. The second kappa shape index (κ2) is 18.7. The molecule has 4 unspecified atom stereocenters. The molecule has 0 N–H and O–H groups in total.